The fourth-order valence-electron chi connectivity index (χ4n) is 1.67. The van der Waals surface area contributed by atoms with Crippen molar-refractivity contribution in [2.75, 3.05) is 11.5 Å². The smallest absolute Gasteiger partial charge is 0.0333 e. The van der Waals surface area contributed by atoms with Crippen LogP contribution in [0.2, 0.25) is 0 Å². The highest BCUT2D eigenvalue weighted by Crippen LogP contribution is 2.19. The monoisotopic (exact) mass is 240 g/mol. The molecule has 0 saturated carbocycles. The topological polar surface area (TPSA) is 30.9 Å². The first-order valence-corrected chi connectivity index (χ1v) is 7.29. The summed E-state index contributed by atoms with van der Waals surface area (Å²) < 4.78 is 2.26. The lowest BCUT2D eigenvalue weighted by Crippen LogP contribution is -2.15. The maximum Gasteiger partial charge on any atom is 0.0333 e. The summed E-state index contributed by atoms with van der Waals surface area (Å²) in [5.41, 5.74) is 7.37. The van der Waals surface area contributed by atoms with Gasteiger partial charge in [-0.3, -0.25) is 0 Å². The molecule has 2 nitrogen and oxygen atoms in total. The Kier molecular flexibility index (Phi) is 5.99. The number of thioether (sulfide) groups is 1. The van der Waals surface area contributed by atoms with Gasteiger partial charge in [0.25, 0.3) is 0 Å². The minimum atomic E-state index is 0.172. The Morgan fingerprint density at radius 1 is 1.44 bits per heavy atom. The summed E-state index contributed by atoms with van der Waals surface area (Å²) in [5.74, 6) is 2.97. The Bertz CT molecular complexity index is 294. The van der Waals surface area contributed by atoms with Crippen LogP contribution >= 0.6 is 11.8 Å². The molecule has 0 spiro atoms. The first-order valence-electron chi connectivity index (χ1n) is 6.14. The van der Waals surface area contributed by atoms with E-state index in [1.807, 2.05) is 11.8 Å². The van der Waals surface area contributed by atoms with Gasteiger partial charge in [-0.05, 0) is 35.5 Å². The summed E-state index contributed by atoms with van der Waals surface area (Å²) in [4.78, 5) is 0. The van der Waals surface area contributed by atoms with Crippen LogP contribution in [0.4, 0.5) is 0 Å². The van der Waals surface area contributed by atoms with Crippen LogP contribution in [0.25, 0.3) is 0 Å². The summed E-state index contributed by atoms with van der Waals surface area (Å²) in [6, 6.07) is 2.32. The third kappa shape index (κ3) is 4.22. The van der Waals surface area contributed by atoms with Crippen LogP contribution in [-0.4, -0.2) is 16.1 Å². The summed E-state index contributed by atoms with van der Waals surface area (Å²) >= 11 is 2.01. The van der Waals surface area contributed by atoms with Gasteiger partial charge in [0.05, 0.1) is 0 Å². The van der Waals surface area contributed by atoms with Crippen molar-refractivity contribution in [3.05, 3.63) is 24.0 Å². The summed E-state index contributed by atoms with van der Waals surface area (Å²) in [6.07, 6.45) is 5.58. The molecule has 0 amide bonds. The fraction of sp³-hybridized carbons (Fsp3) is 0.692. The molecular formula is C13H24N2S. The normalized spacial score (nSPS) is 13.3. The maximum absolute atomic E-state index is 6.11. The lowest BCUT2D eigenvalue weighted by atomic mass is 10.00. The van der Waals surface area contributed by atoms with Crippen LogP contribution in [0.3, 0.4) is 0 Å². The van der Waals surface area contributed by atoms with Gasteiger partial charge in [0.2, 0.25) is 0 Å². The number of aryl methyl sites for hydroxylation is 1. The van der Waals surface area contributed by atoms with Gasteiger partial charge in [0, 0.05) is 25.0 Å². The molecule has 1 rings (SSSR count). The Hall–Kier alpha value is -0.410. The standard InChI is InChI=1S/C13H24N2S/c1-4-16-9-5-7-15-8-6-12(10-15)13(14)11(2)3/h6,8,10-11,13H,4-5,7,9,14H2,1-3H3. The minimum absolute atomic E-state index is 0.172. The van der Waals surface area contributed by atoms with Gasteiger partial charge >= 0.3 is 0 Å². The van der Waals surface area contributed by atoms with Gasteiger partial charge < -0.3 is 10.3 Å². The zero-order chi connectivity index (χ0) is 12.0. The lowest BCUT2D eigenvalue weighted by Gasteiger charge is -2.13. The number of aromatic nitrogens is 1. The van der Waals surface area contributed by atoms with E-state index in [2.05, 4.69) is 43.8 Å². The summed E-state index contributed by atoms with van der Waals surface area (Å²) in [6.45, 7) is 7.65. The van der Waals surface area contributed by atoms with Crippen LogP contribution in [-0.2, 0) is 6.54 Å². The van der Waals surface area contributed by atoms with Gasteiger partial charge in [-0.25, -0.2) is 0 Å². The molecule has 92 valence electrons. The Morgan fingerprint density at radius 2 is 2.19 bits per heavy atom. The molecule has 0 radical (unpaired) electrons. The van der Waals surface area contributed by atoms with Crippen molar-refractivity contribution in [2.24, 2.45) is 11.7 Å². The van der Waals surface area contributed by atoms with E-state index < -0.39 is 0 Å². The van der Waals surface area contributed by atoms with Crippen LogP contribution in [0.15, 0.2) is 18.5 Å². The molecule has 0 saturated heterocycles. The molecule has 1 aromatic rings. The molecule has 0 fully saturated rings. The van der Waals surface area contributed by atoms with Gasteiger partial charge in [-0.2, -0.15) is 11.8 Å². The molecule has 0 bridgehead atoms. The fourth-order valence-corrected chi connectivity index (χ4v) is 2.30. The lowest BCUT2D eigenvalue weighted by molar-refractivity contribution is 0.513. The van der Waals surface area contributed by atoms with Crippen LogP contribution < -0.4 is 5.73 Å². The number of hydrogen-bond donors (Lipinski definition) is 1. The first kappa shape index (κ1) is 13.7. The summed E-state index contributed by atoms with van der Waals surface area (Å²) in [5, 5.41) is 0. The predicted octanol–water partition coefficient (Wildman–Crippen LogP) is 3.29. The van der Waals surface area contributed by atoms with Gasteiger partial charge in [-0.1, -0.05) is 20.8 Å². The molecule has 0 aliphatic carbocycles. The maximum atomic E-state index is 6.11. The molecule has 1 atom stereocenters. The van der Waals surface area contributed by atoms with Crippen molar-refractivity contribution < 1.29 is 0 Å². The third-order valence-electron chi connectivity index (χ3n) is 2.79. The van der Waals surface area contributed by atoms with Crippen LogP contribution in [0.1, 0.15) is 38.8 Å². The average molecular weight is 240 g/mol. The highest BCUT2D eigenvalue weighted by molar-refractivity contribution is 7.99. The predicted molar refractivity (Wildman–Crippen MR) is 73.8 cm³/mol. The van der Waals surface area contributed by atoms with Crippen LogP contribution in [0.5, 0.6) is 0 Å². The van der Waals surface area contributed by atoms with Crippen molar-refractivity contribution in [3.63, 3.8) is 0 Å². The molecular weight excluding hydrogens is 216 g/mol. The molecule has 1 heterocycles. The second-order valence-electron chi connectivity index (χ2n) is 4.50. The molecule has 16 heavy (non-hydrogen) atoms. The molecule has 1 unspecified atom stereocenters. The molecule has 2 N–H and O–H groups in total. The second-order valence-corrected chi connectivity index (χ2v) is 5.90. The number of nitrogens with zero attached hydrogens (tertiary/aromatic N) is 1. The zero-order valence-corrected chi connectivity index (χ0v) is 11.5. The highest BCUT2D eigenvalue weighted by atomic mass is 32.2. The van der Waals surface area contributed by atoms with E-state index in [0.717, 1.165) is 6.54 Å². The van der Waals surface area contributed by atoms with E-state index in [4.69, 9.17) is 5.73 Å². The molecule has 0 aliphatic heterocycles. The van der Waals surface area contributed by atoms with Gasteiger partial charge in [0.15, 0.2) is 0 Å². The first-order chi connectivity index (χ1) is 7.65. The number of rotatable bonds is 7. The van der Waals surface area contributed by atoms with E-state index >= 15 is 0 Å². The van der Waals surface area contributed by atoms with Crippen molar-refractivity contribution in [1.29, 1.82) is 0 Å². The average Bonchev–Trinajstić information content (AvgIpc) is 2.72. The van der Waals surface area contributed by atoms with Crippen molar-refractivity contribution >= 4 is 11.8 Å². The van der Waals surface area contributed by atoms with Gasteiger partial charge in [-0.15, -0.1) is 0 Å². The molecule has 0 aromatic carbocycles. The van der Waals surface area contributed by atoms with E-state index in [-0.39, 0.29) is 6.04 Å². The van der Waals surface area contributed by atoms with Crippen LogP contribution in [0, 0.1) is 5.92 Å². The van der Waals surface area contributed by atoms with E-state index in [0.29, 0.717) is 5.92 Å². The quantitative estimate of drug-likeness (QED) is 0.741. The number of hydrogen-bond acceptors (Lipinski definition) is 2. The molecule has 0 aliphatic rings. The SMILES string of the molecule is CCSCCCn1ccc(C(N)C(C)C)c1. The Morgan fingerprint density at radius 3 is 2.81 bits per heavy atom. The second kappa shape index (κ2) is 7.02. The van der Waals surface area contributed by atoms with E-state index in [9.17, 15) is 0 Å². The van der Waals surface area contributed by atoms with Crippen molar-refractivity contribution in [1.82, 2.24) is 4.57 Å². The van der Waals surface area contributed by atoms with E-state index in [1.54, 1.807) is 0 Å². The molecule has 1 aromatic heterocycles. The Balaban J connectivity index is 2.39. The number of nitrogens with two attached hydrogens (primary N) is 1. The summed E-state index contributed by atoms with van der Waals surface area (Å²) in [7, 11) is 0. The third-order valence-corrected chi connectivity index (χ3v) is 3.77. The minimum Gasteiger partial charge on any atom is -0.354 e. The van der Waals surface area contributed by atoms with E-state index in [1.165, 1.54) is 23.5 Å². The largest absolute Gasteiger partial charge is 0.354 e. The zero-order valence-electron chi connectivity index (χ0n) is 10.6. The Labute approximate surface area is 104 Å². The van der Waals surface area contributed by atoms with Crippen molar-refractivity contribution in [3.8, 4) is 0 Å². The van der Waals surface area contributed by atoms with Gasteiger partial charge in [0.1, 0.15) is 0 Å². The van der Waals surface area contributed by atoms with Crippen molar-refractivity contribution in [2.45, 2.75) is 39.8 Å². The highest BCUT2D eigenvalue weighted by Gasteiger charge is 2.11. The molecule has 3 heteroatoms.